The largest absolute Gasteiger partial charge is 0.484 e. The monoisotopic (exact) mass is 312 g/mol. The van der Waals surface area contributed by atoms with E-state index in [1.54, 1.807) is 12.1 Å². The van der Waals surface area contributed by atoms with Crippen LogP contribution in [0.5, 0.6) is 5.75 Å². The molecule has 5 heteroatoms. The zero-order chi connectivity index (χ0) is 16.3. The summed E-state index contributed by atoms with van der Waals surface area (Å²) in [5, 5.41) is 5.29. The minimum absolute atomic E-state index is 0.0498. The first-order valence-electron chi connectivity index (χ1n) is 7.49. The Morgan fingerprint density at radius 3 is 2.17 bits per heavy atom. The van der Waals surface area contributed by atoms with Crippen LogP contribution < -0.4 is 15.4 Å². The Kier molecular flexibility index (Phi) is 6.65. The van der Waals surface area contributed by atoms with E-state index in [4.69, 9.17) is 4.74 Å². The van der Waals surface area contributed by atoms with Gasteiger partial charge in [-0.15, -0.1) is 0 Å². The van der Waals surface area contributed by atoms with E-state index < -0.39 is 0 Å². The predicted molar refractivity (Wildman–Crippen MR) is 88.1 cm³/mol. The molecule has 2 rings (SSSR count). The number of ether oxygens (including phenoxy) is 1. The molecule has 0 fully saturated rings. The summed E-state index contributed by atoms with van der Waals surface area (Å²) < 4.78 is 5.30. The van der Waals surface area contributed by atoms with Crippen molar-refractivity contribution < 1.29 is 14.3 Å². The lowest BCUT2D eigenvalue weighted by molar-refractivity contribution is -0.127. The molecule has 5 nitrogen and oxygen atoms in total. The van der Waals surface area contributed by atoms with Crippen molar-refractivity contribution in [1.82, 2.24) is 10.6 Å². The lowest BCUT2D eigenvalue weighted by Gasteiger charge is -2.08. The number of nitrogens with one attached hydrogen (secondary N) is 2. The quantitative estimate of drug-likeness (QED) is 0.777. The molecule has 0 atom stereocenters. The molecule has 23 heavy (non-hydrogen) atoms. The average molecular weight is 312 g/mol. The molecule has 0 unspecified atom stereocenters. The van der Waals surface area contributed by atoms with Crippen LogP contribution >= 0.6 is 0 Å². The zero-order valence-corrected chi connectivity index (χ0v) is 12.8. The number of carbonyl (C=O) groups is 2. The lowest BCUT2D eigenvalue weighted by Crippen LogP contribution is -2.39. The summed E-state index contributed by atoms with van der Waals surface area (Å²) in [4.78, 5) is 23.2. The highest BCUT2D eigenvalue weighted by Gasteiger charge is 2.06. The van der Waals surface area contributed by atoms with E-state index in [-0.39, 0.29) is 25.0 Å². The Labute approximate surface area is 135 Å². The summed E-state index contributed by atoms with van der Waals surface area (Å²) in [6, 6.07) is 19.0. The van der Waals surface area contributed by atoms with E-state index in [2.05, 4.69) is 10.6 Å². The van der Waals surface area contributed by atoms with Crippen LogP contribution in [-0.2, 0) is 16.0 Å². The minimum Gasteiger partial charge on any atom is -0.484 e. The number of para-hydroxylation sites is 1. The molecule has 0 saturated heterocycles. The first kappa shape index (κ1) is 16.5. The van der Waals surface area contributed by atoms with Crippen molar-refractivity contribution in [2.24, 2.45) is 0 Å². The number of hydrogen-bond acceptors (Lipinski definition) is 3. The zero-order valence-electron chi connectivity index (χ0n) is 12.8. The maximum absolute atomic E-state index is 11.6. The van der Waals surface area contributed by atoms with Crippen molar-refractivity contribution >= 4 is 11.8 Å². The highest BCUT2D eigenvalue weighted by Crippen LogP contribution is 2.07. The Balaban J connectivity index is 1.57. The first-order valence-corrected chi connectivity index (χ1v) is 7.49. The molecule has 120 valence electrons. The van der Waals surface area contributed by atoms with Crippen molar-refractivity contribution in [1.29, 1.82) is 0 Å². The molecule has 0 spiro atoms. The van der Waals surface area contributed by atoms with Gasteiger partial charge in [-0.3, -0.25) is 9.59 Å². The van der Waals surface area contributed by atoms with Crippen LogP contribution in [0.2, 0.25) is 0 Å². The van der Waals surface area contributed by atoms with Gasteiger partial charge in [-0.05, 0) is 24.1 Å². The van der Waals surface area contributed by atoms with Gasteiger partial charge >= 0.3 is 0 Å². The fraction of sp³-hybridized carbons (Fsp3) is 0.222. The van der Waals surface area contributed by atoms with Crippen molar-refractivity contribution in [3.05, 3.63) is 66.2 Å². The number of hydrogen-bond donors (Lipinski definition) is 2. The standard InChI is InChI=1S/C18H20N2O3/c21-17(19-12-11-15-7-3-1-4-8-15)13-20-18(22)14-23-16-9-5-2-6-10-16/h1-10H,11-14H2,(H,19,21)(H,20,22). The summed E-state index contributed by atoms with van der Waals surface area (Å²) in [7, 11) is 0. The van der Waals surface area contributed by atoms with E-state index in [1.165, 1.54) is 0 Å². The topological polar surface area (TPSA) is 67.4 Å². The first-order chi connectivity index (χ1) is 11.2. The number of amides is 2. The van der Waals surface area contributed by atoms with Gasteiger partial charge in [0.15, 0.2) is 6.61 Å². The number of carbonyl (C=O) groups excluding carboxylic acids is 2. The summed E-state index contributed by atoms with van der Waals surface area (Å²) >= 11 is 0. The van der Waals surface area contributed by atoms with Gasteiger partial charge < -0.3 is 15.4 Å². The van der Waals surface area contributed by atoms with Crippen molar-refractivity contribution in [2.75, 3.05) is 19.7 Å². The van der Waals surface area contributed by atoms with Crippen LogP contribution in [0.15, 0.2) is 60.7 Å². The summed E-state index contributed by atoms with van der Waals surface area (Å²) in [6.07, 6.45) is 0.762. The fourth-order valence-corrected chi connectivity index (χ4v) is 1.95. The highest BCUT2D eigenvalue weighted by atomic mass is 16.5. The Bertz CT molecular complexity index is 615. The molecular weight excluding hydrogens is 292 g/mol. The van der Waals surface area contributed by atoms with Crippen molar-refractivity contribution in [3.8, 4) is 5.75 Å². The number of benzene rings is 2. The highest BCUT2D eigenvalue weighted by molar-refractivity contribution is 5.85. The van der Waals surface area contributed by atoms with Crippen LogP contribution in [-0.4, -0.2) is 31.5 Å². The van der Waals surface area contributed by atoms with Gasteiger partial charge in [0.05, 0.1) is 6.54 Å². The molecule has 2 aromatic carbocycles. The van der Waals surface area contributed by atoms with E-state index in [0.29, 0.717) is 12.3 Å². The van der Waals surface area contributed by atoms with Crippen molar-refractivity contribution in [2.45, 2.75) is 6.42 Å². The second-order valence-electron chi connectivity index (χ2n) is 4.96. The van der Waals surface area contributed by atoms with Gasteiger partial charge in [0, 0.05) is 6.54 Å². The second-order valence-corrected chi connectivity index (χ2v) is 4.96. The summed E-state index contributed by atoms with van der Waals surface area (Å²) in [5.74, 6) is 0.0796. The third-order valence-electron chi connectivity index (χ3n) is 3.14. The molecule has 2 aromatic rings. The van der Waals surface area contributed by atoms with E-state index >= 15 is 0 Å². The molecule has 0 heterocycles. The van der Waals surface area contributed by atoms with Crippen molar-refractivity contribution in [3.63, 3.8) is 0 Å². The Hall–Kier alpha value is -2.82. The average Bonchev–Trinajstić information content (AvgIpc) is 2.60. The van der Waals surface area contributed by atoms with Gasteiger partial charge in [0.25, 0.3) is 5.91 Å². The summed E-state index contributed by atoms with van der Waals surface area (Å²) in [6.45, 7) is 0.381. The van der Waals surface area contributed by atoms with Crippen LogP contribution in [0.4, 0.5) is 0 Å². The van der Waals surface area contributed by atoms with Crippen LogP contribution in [0.25, 0.3) is 0 Å². The molecular formula is C18H20N2O3. The molecule has 0 aliphatic carbocycles. The molecule has 0 aliphatic heterocycles. The minimum atomic E-state index is -0.327. The third kappa shape index (κ3) is 6.65. The summed E-state index contributed by atoms with van der Waals surface area (Å²) in [5.41, 5.74) is 1.16. The number of rotatable bonds is 8. The molecule has 0 saturated carbocycles. The van der Waals surface area contributed by atoms with Gasteiger partial charge in [-0.2, -0.15) is 0 Å². The van der Waals surface area contributed by atoms with Crippen LogP contribution in [0, 0.1) is 0 Å². The van der Waals surface area contributed by atoms with Gasteiger partial charge in [0.2, 0.25) is 5.91 Å². The molecule has 0 bridgehead atoms. The normalized spacial score (nSPS) is 9.91. The van der Waals surface area contributed by atoms with Gasteiger partial charge in [-0.25, -0.2) is 0 Å². The Morgan fingerprint density at radius 2 is 1.48 bits per heavy atom. The Morgan fingerprint density at radius 1 is 0.826 bits per heavy atom. The second kappa shape index (κ2) is 9.25. The van der Waals surface area contributed by atoms with Gasteiger partial charge in [-0.1, -0.05) is 48.5 Å². The van der Waals surface area contributed by atoms with E-state index in [1.807, 2.05) is 48.5 Å². The molecule has 0 radical (unpaired) electrons. The SMILES string of the molecule is O=C(CNC(=O)COc1ccccc1)NCCc1ccccc1. The predicted octanol–water partition coefficient (Wildman–Crippen LogP) is 1.54. The van der Waals surface area contributed by atoms with Gasteiger partial charge in [0.1, 0.15) is 5.75 Å². The maximum atomic E-state index is 11.6. The van der Waals surface area contributed by atoms with E-state index in [0.717, 1.165) is 12.0 Å². The maximum Gasteiger partial charge on any atom is 0.258 e. The smallest absolute Gasteiger partial charge is 0.258 e. The van der Waals surface area contributed by atoms with Crippen LogP contribution in [0.1, 0.15) is 5.56 Å². The van der Waals surface area contributed by atoms with E-state index in [9.17, 15) is 9.59 Å². The third-order valence-corrected chi connectivity index (χ3v) is 3.14. The molecule has 0 aromatic heterocycles. The lowest BCUT2D eigenvalue weighted by atomic mass is 10.1. The molecule has 0 aliphatic rings. The van der Waals surface area contributed by atoms with Crippen LogP contribution in [0.3, 0.4) is 0 Å². The molecule has 2 amide bonds. The molecule has 2 N–H and O–H groups in total. The fourth-order valence-electron chi connectivity index (χ4n) is 1.95.